The highest BCUT2D eigenvalue weighted by atomic mass is 32.2. The van der Waals surface area contributed by atoms with Crippen molar-refractivity contribution in [1.29, 1.82) is 0 Å². The fraction of sp³-hybridized carbons (Fsp3) is 0.909. The van der Waals surface area contributed by atoms with Gasteiger partial charge in [-0.2, -0.15) is 4.72 Å². The van der Waals surface area contributed by atoms with Crippen LogP contribution in [0.4, 0.5) is 0 Å². The minimum atomic E-state index is -3.56. The summed E-state index contributed by atoms with van der Waals surface area (Å²) < 4.78 is 25.8. The molecule has 0 amide bonds. The highest BCUT2D eigenvalue weighted by Crippen LogP contribution is 2.20. The van der Waals surface area contributed by atoms with Crippen molar-refractivity contribution in [2.75, 3.05) is 5.75 Å². The predicted octanol–water partition coefficient (Wildman–Crippen LogP) is 1.60. The molecule has 0 aliphatic rings. The van der Waals surface area contributed by atoms with Gasteiger partial charge in [0.1, 0.15) is 5.54 Å². The number of sulfonamides is 1. The summed E-state index contributed by atoms with van der Waals surface area (Å²) >= 11 is 0. The fourth-order valence-electron chi connectivity index (χ4n) is 1.10. The molecular formula is C11H23NO4S. The van der Waals surface area contributed by atoms with Crippen LogP contribution in [0.5, 0.6) is 0 Å². The van der Waals surface area contributed by atoms with E-state index in [-0.39, 0.29) is 17.6 Å². The van der Waals surface area contributed by atoms with Crippen molar-refractivity contribution in [2.45, 2.75) is 53.0 Å². The lowest BCUT2D eigenvalue weighted by molar-refractivity contribution is -0.143. The van der Waals surface area contributed by atoms with Crippen molar-refractivity contribution in [3.8, 4) is 0 Å². The first-order valence-electron chi connectivity index (χ1n) is 5.67. The van der Waals surface area contributed by atoms with Crippen LogP contribution in [0.15, 0.2) is 0 Å². The van der Waals surface area contributed by atoms with Crippen LogP contribution in [-0.4, -0.2) is 30.8 Å². The van der Waals surface area contributed by atoms with Crippen LogP contribution < -0.4 is 4.72 Å². The molecule has 1 atom stereocenters. The number of carboxylic acid groups (broad SMARTS) is 1. The number of carbonyl (C=O) groups is 1. The van der Waals surface area contributed by atoms with Crippen LogP contribution >= 0.6 is 0 Å². The lowest BCUT2D eigenvalue weighted by Crippen LogP contribution is -2.52. The minimum Gasteiger partial charge on any atom is -0.480 e. The van der Waals surface area contributed by atoms with Gasteiger partial charge in [0.25, 0.3) is 0 Å². The Morgan fingerprint density at radius 2 is 1.71 bits per heavy atom. The first kappa shape index (κ1) is 16.4. The van der Waals surface area contributed by atoms with Crippen LogP contribution in [0, 0.1) is 5.41 Å². The molecule has 17 heavy (non-hydrogen) atoms. The summed E-state index contributed by atoms with van der Waals surface area (Å²) in [5.74, 6) is -1.21. The smallest absolute Gasteiger partial charge is 0.324 e. The van der Waals surface area contributed by atoms with Gasteiger partial charge in [-0.05, 0) is 25.2 Å². The number of hydrogen-bond donors (Lipinski definition) is 2. The topological polar surface area (TPSA) is 83.5 Å². The Morgan fingerprint density at radius 1 is 1.24 bits per heavy atom. The number of rotatable bonds is 6. The molecule has 0 aromatic rings. The molecule has 5 nitrogen and oxygen atoms in total. The van der Waals surface area contributed by atoms with E-state index < -0.39 is 21.5 Å². The minimum absolute atomic E-state index is 0.0562. The van der Waals surface area contributed by atoms with Crippen LogP contribution in [-0.2, 0) is 14.8 Å². The fourth-order valence-corrected chi connectivity index (χ4v) is 3.00. The molecule has 6 heteroatoms. The molecule has 0 fully saturated rings. The molecule has 0 aliphatic carbocycles. The van der Waals surface area contributed by atoms with Crippen LogP contribution in [0.25, 0.3) is 0 Å². The van der Waals surface area contributed by atoms with E-state index >= 15 is 0 Å². The Labute approximate surface area is 104 Å². The third-order valence-corrected chi connectivity index (χ3v) is 4.18. The number of nitrogens with one attached hydrogen (secondary N) is 1. The first-order chi connectivity index (χ1) is 7.42. The van der Waals surface area contributed by atoms with Crippen molar-refractivity contribution in [1.82, 2.24) is 4.72 Å². The lowest BCUT2D eigenvalue weighted by atomic mass is 9.94. The number of aliphatic carboxylic acids is 1. The maximum absolute atomic E-state index is 11.8. The summed E-state index contributed by atoms with van der Waals surface area (Å²) in [6, 6.07) is 0. The zero-order valence-corrected chi connectivity index (χ0v) is 12.0. The quantitative estimate of drug-likeness (QED) is 0.764. The van der Waals surface area contributed by atoms with Gasteiger partial charge in [0.05, 0.1) is 5.75 Å². The summed E-state index contributed by atoms with van der Waals surface area (Å²) in [4.78, 5) is 11.0. The largest absolute Gasteiger partial charge is 0.480 e. The van der Waals surface area contributed by atoms with Gasteiger partial charge in [0.15, 0.2) is 0 Å². The normalized spacial score (nSPS) is 16.5. The second-order valence-corrected chi connectivity index (χ2v) is 7.56. The Morgan fingerprint density at radius 3 is 2.00 bits per heavy atom. The van der Waals surface area contributed by atoms with Gasteiger partial charge in [-0.25, -0.2) is 8.42 Å². The Hall–Kier alpha value is -0.620. The van der Waals surface area contributed by atoms with E-state index in [1.54, 1.807) is 6.92 Å². The third-order valence-electron chi connectivity index (χ3n) is 2.68. The molecule has 0 aromatic heterocycles. The second kappa shape index (κ2) is 5.35. The average Bonchev–Trinajstić information content (AvgIpc) is 2.13. The monoisotopic (exact) mass is 265 g/mol. The van der Waals surface area contributed by atoms with Gasteiger partial charge >= 0.3 is 5.97 Å². The lowest BCUT2D eigenvalue weighted by Gasteiger charge is -2.25. The van der Waals surface area contributed by atoms with Crippen molar-refractivity contribution in [2.24, 2.45) is 5.41 Å². The molecule has 0 aromatic carbocycles. The number of hydrogen-bond acceptors (Lipinski definition) is 3. The molecule has 0 heterocycles. The van der Waals surface area contributed by atoms with Crippen molar-refractivity contribution < 1.29 is 18.3 Å². The summed E-state index contributed by atoms with van der Waals surface area (Å²) in [5.41, 5.74) is -1.52. The third kappa shape index (κ3) is 6.02. The number of carboxylic acids is 1. The van der Waals surface area contributed by atoms with E-state index in [9.17, 15) is 13.2 Å². The van der Waals surface area contributed by atoms with Crippen molar-refractivity contribution in [3.05, 3.63) is 0 Å². The predicted molar refractivity (Wildman–Crippen MR) is 67.3 cm³/mol. The zero-order valence-electron chi connectivity index (χ0n) is 11.2. The molecule has 2 N–H and O–H groups in total. The van der Waals surface area contributed by atoms with E-state index in [0.717, 1.165) is 0 Å². The molecule has 0 radical (unpaired) electrons. The Balaban J connectivity index is 4.71. The first-order valence-corrected chi connectivity index (χ1v) is 7.32. The zero-order chi connectivity index (χ0) is 13.9. The summed E-state index contributed by atoms with van der Waals surface area (Å²) in [6.07, 6.45) is 0.693. The van der Waals surface area contributed by atoms with Gasteiger partial charge in [-0.15, -0.1) is 0 Å². The molecule has 1 unspecified atom stereocenters. The molecule has 102 valence electrons. The van der Waals surface area contributed by atoms with E-state index in [0.29, 0.717) is 6.42 Å². The highest BCUT2D eigenvalue weighted by Gasteiger charge is 2.35. The van der Waals surface area contributed by atoms with E-state index in [1.807, 2.05) is 20.8 Å². The molecule has 0 saturated carbocycles. The van der Waals surface area contributed by atoms with E-state index in [4.69, 9.17) is 5.11 Å². The maximum Gasteiger partial charge on any atom is 0.324 e. The second-order valence-electron chi connectivity index (χ2n) is 5.72. The average molecular weight is 265 g/mol. The van der Waals surface area contributed by atoms with Gasteiger partial charge in [-0.3, -0.25) is 4.79 Å². The molecule has 0 saturated heterocycles. The van der Waals surface area contributed by atoms with Gasteiger partial charge in [0, 0.05) is 0 Å². The van der Waals surface area contributed by atoms with Gasteiger partial charge in [0.2, 0.25) is 10.0 Å². The highest BCUT2D eigenvalue weighted by molar-refractivity contribution is 7.89. The van der Waals surface area contributed by atoms with Gasteiger partial charge < -0.3 is 5.11 Å². The van der Waals surface area contributed by atoms with E-state index in [1.165, 1.54) is 6.92 Å². The van der Waals surface area contributed by atoms with Crippen LogP contribution in [0.1, 0.15) is 47.5 Å². The summed E-state index contributed by atoms with van der Waals surface area (Å²) in [7, 11) is -3.56. The van der Waals surface area contributed by atoms with Crippen molar-refractivity contribution >= 4 is 16.0 Å². The Kier molecular flexibility index (Phi) is 5.16. The van der Waals surface area contributed by atoms with Gasteiger partial charge in [-0.1, -0.05) is 27.7 Å². The molecular weight excluding hydrogens is 242 g/mol. The van der Waals surface area contributed by atoms with Crippen LogP contribution in [0.3, 0.4) is 0 Å². The summed E-state index contributed by atoms with van der Waals surface area (Å²) in [6.45, 7) is 8.85. The summed E-state index contributed by atoms with van der Waals surface area (Å²) in [5, 5.41) is 9.00. The van der Waals surface area contributed by atoms with Crippen LogP contribution in [0.2, 0.25) is 0 Å². The standard InChI is InChI=1S/C11H23NO4S/c1-6-11(5,9(13)14)12-17(15,16)8-7-10(2,3)4/h12H,6-8H2,1-5H3,(H,13,14). The molecule has 0 bridgehead atoms. The maximum atomic E-state index is 11.8. The van der Waals surface area contributed by atoms with E-state index in [2.05, 4.69) is 4.72 Å². The molecule has 0 rings (SSSR count). The Bertz CT molecular complexity index is 369. The van der Waals surface area contributed by atoms with Crippen molar-refractivity contribution in [3.63, 3.8) is 0 Å². The molecule has 0 spiro atoms. The molecule has 0 aliphatic heterocycles. The SMILES string of the molecule is CCC(C)(NS(=O)(=O)CCC(C)(C)C)C(=O)O.